The Hall–Kier alpha value is -2.89. The van der Waals surface area contributed by atoms with Crippen LogP contribution in [0.25, 0.3) is 11.5 Å². The van der Waals surface area contributed by atoms with Crippen LogP contribution in [0.15, 0.2) is 51.8 Å². The lowest BCUT2D eigenvalue weighted by molar-refractivity contribution is 0.165. The van der Waals surface area contributed by atoms with E-state index < -0.39 is 0 Å². The molecule has 2 heterocycles. The molecule has 2 aromatic heterocycles. The number of nitrogens with zero attached hydrogens (tertiary/aromatic N) is 3. The van der Waals surface area contributed by atoms with E-state index in [9.17, 15) is 4.79 Å². The standard InChI is InChI=1S/C18H19N3O3/c1-4-14(23-15-8-6-5-7-12(15)2)18-20-19-17(24-18)13-9-10-16(22)21(3)11-13/h5-11,14H,4H2,1-3H3. The number of hydrogen-bond acceptors (Lipinski definition) is 5. The number of rotatable bonds is 5. The van der Waals surface area contributed by atoms with Crippen molar-refractivity contribution in [2.24, 2.45) is 7.05 Å². The smallest absolute Gasteiger partial charge is 0.257 e. The molecule has 0 radical (unpaired) electrons. The fourth-order valence-electron chi connectivity index (χ4n) is 2.35. The van der Waals surface area contributed by atoms with Crippen molar-refractivity contribution in [3.8, 4) is 17.2 Å². The lowest BCUT2D eigenvalue weighted by Gasteiger charge is -2.15. The maximum absolute atomic E-state index is 11.5. The van der Waals surface area contributed by atoms with Crippen LogP contribution in [-0.2, 0) is 7.05 Å². The van der Waals surface area contributed by atoms with Gasteiger partial charge in [0, 0.05) is 19.3 Å². The monoisotopic (exact) mass is 325 g/mol. The summed E-state index contributed by atoms with van der Waals surface area (Å²) in [4.78, 5) is 11.5. The van der Waals surface area contributed by atoms with Gasteiger partial charge in [0.15, 0.2) is 6.10 Å². The molecule has 0 aliphatic heterocycles. The molecule has 6 nitrogen and oxygen atoms in total. The van der Waals surface area contributed by atoms with Crippen LogP contribution in [0.5, 0.6) is 5.75 Å². The van der Waals surface area contributed by atoms with Crippen LogP contribution < -0.4 is 10.3 Å². The Balaban J connectivity index is 1.86. The summed E-state index contributed by atoms with van der Waals surface area (Å²) in [6.07, 6.45) is 2.05. The normalized spacial score (nSPS) is 12.1. The summed E-state index contributed by atoms with van der Waals surface area (Å²) in [7, 11) is 1.68. The molecule has 0 saturated heterocycles. The van der Waals surface area contributed by atoms with Gasteiger partial charge >= 0.3 is 0 Å². The van der Waals surface area contributed by atoms with E-state index in [1.165, 1.54) is 10.6 Å². The Bertz CT molecular complexity index is 898. The Morgan fingerprint density at radius 3 is 2.71 bits per heavy atom. The van der Waals surface area contributed by atoms with Gasteiger partial charge in [-0.25, -0.2) is 0 Å². The van der Waals surface area contributed by atoms with Crippen molar-refractivity contribution in [3.05, 3.63) is 64.4 Å². The first-order valence-corrected chi connectivity index (χ1v) is 7.81. The number of pyridine rings is 1. The van der Waals surface area contributed by atoms with Crippen LogP contribution in [0, 0.1) is 6.92 Å². The third-order valence-electron chi connectivity index (χ3n) is 3.78. The molecule has 0 fully saturated rings. The van der Waals surface area contributed by atoms with Crippen LogP contribution in [0.2, 0.25) is 0 Å². The molecule has 0 amide bonds. The lowest BCUT2D eigenvalue weighted by Crippen LogP contribution is -2.13. The minimum atomic E-state index is -0.320. The van der Waals surface area contributed by atoms with Crippen molar-refractivity contribution in [2.75, 3.05) is 0 Å². The second-order valence-electron chi connectivity index (χ2n) is 5.59. The molecule has 3 rings (SSSR count). The van der Waals surface area contributed by atoms with E-state index in [4.69, 9.17) is 9.15 Å². The summed E-state index contributed by atoms with van der Waals surface area (Å²) in [6.45, 7) is 3.99. The maximum atomic E-state index is 11.5. The molecule has 0 aliphatic rings. The Morgan fingerprint density at radius 1 is 1.21 bits per heavy atom. The minimum Gasteiger partial charge on any atom is -0.480 e. The number of ether oxygens (including phenoxy) is 1. The van der Waals surface area contributed by atoms with Crippen molar-refractivity contribution in [1.82, 2.24) is 14.8 Å². The fourth-order valence-corrected chi connectivity index (χ4v) is 2.35. The molecule has 124 valence electrons. The average molecular weight is 325 g/mol. The van der Waals surface area contributed by atoms with E-state index >= 15 is 0 Å². The first-order chi connectivity index (χ1) is 11.6. The van der Waals surface area contributed by atoms with Crippen molar-refractivity contribution in [2.45, 2.75) is 26.4 Å². The second kappa shape index (κ2) is 6.70. The summed E-state index contributed by atoms with van der Waals surface area (Å²) >= 11 is 0. The summed E-state index contributed by atoms with van der Waals surface area (Å²) in [6, 6.07) is 10.9. The highest BCUT2D eigenvalue weighted by Gasteiger charge is 2.20. The summed E-state index contributed by atoms with van der Waals surface area (Å²) in [5.74, 6) is 1.59. The van der Waals surface area contributed by atoms with E-state index in [0.29, 0.717) is 23.8 Å². The van der Waals surface area contributed by atoms with E-state index in [-0.39, 0.29) is 11.7 Å². The summed E-state index contributed by atoms with van der Waals surface area (Å²) < 4.78 is 13.3. The molecule has 3 aromatic rings. The molecular formula is C18H19N3O3. The number of aryl methyl sites for hydroxylation is 2. The van der Waals surface area contributed by atoms with Crippen molar-refractivity contribution in [1.29, 1.82) is 0 Å². The van der Waals surface area contributed by atoms with Gasteiger partial charge in [-0.2, -0.15) is 0 Å². The van der Waals surface area contributed by atoms with Gasteiger partial charge in [-0.15, -0.1) is 10.2 Å². The zero-order chi connectivity index (χ0) is 17.1. The molecular weight excluding hydrogens is 306 g/mol. The third kappa shape index (κ3) is 3.22. The average Bonchev–Trinajstić information content (AvgIpc) is 3.06. The third-order valence-corrected chi connectivity index (χ3v) is 3.78. The molecule has 1 unspecified atom stereocenters. The highest BCUT2D eigenvalue weighted by Crippen LogP contribution is 2.28. The van der Waals surface area contributed by atoms with Gasteiger partial charge in [-0.1, -0.05) is 25.1 Å². The number of hydrogen-bond donors (Lipinski definition) is 0. The topological polar surface area (TPSA) is 70.2 Å². The zero-order valence-corrected chi connectivity index (χ0v) is 13.9. The summed E-state index contributed by atoms with van der Waals surface area (Å²) in [5.41, 5.74) is 1.66. The summed E-state index contributed by atoms with van der Waals surface area (Å²) in [5, 5.41) is 8.19. The molecule has 0 spiro atoms. The fraction of sp³-hybridized carbons (Fsp3) is 0.278. The lowest BCUT2D eigenvalue weighted by atomic mass is 10.2. The van der Waals surface area contributed by atoms with E-state index in [0.717, 1.165) is 11.3 Å². The van der Waals surface area contributed by atoms with Crippen molar-refractivity contribution in [3.63, 3.8) is 0 Å². The van der Waals surface area contributed by atoms with Crippen molar-refractivity contribution < 1.29 is 9.15 Å². The highest BCUT2D eigenvalue weighted by molar-refractivity contribution is 5.50. The minimum absolute atomic E-state index is 0.0900. The maximum Gasteiger partial charge on any atom is 0.257 e. The predicted molar refractivity (Wildman–Crippen MR) is 89.8 cm³/mol. The molecule has 0 N–H and O–H groups in total. The largest absolute Gasteiger partial charge is 0.480 e. The van der Waals surface area contributed by atoms with Crippen LogP contribution >= 0.6 is 0 Å². The Morgan fingerprint density at radius 2 is 2.00 bits per heavy atom. The van der Waals surface area contributed by atoms with Crippen LogP contribution in [0.3, 0.4) is 0 Å². The van der Waals surface area contributed by atoms with Crippen molar-refractivity contribution >= 4 is 0 Å². The van der Waals surface area contributed by atoms with Gasteiger partial charge < -0.3 is 13.7 Å². The van der Waals surface area contributed by atoms with Gasteiger partial charge in [0.2, 0.25) is 11.4 Å². The molecule has 6 heteroatoms. The zero-order valence-electron chi connectivity index (χ0n) is 13.9. The van der Waals surface area contributed by atoms with Gasteiger partial charge in [-0.05, 0) is 31.0 Å². The number of para-hydroxylation sites is 1. The molecule has 0 aliphatic carbocycles. The Kier molecular flexibility index (Phi) is 4.46. The van der Waals surface area contributed by atoms with Crippen LogP contribution in [-0.4, -0.2) is 14.8 Å². The molecule has 24 heavy (non-hydrogen) atoms. The highest BCUT2D eigenvalue weighted by atomic mass is 16.5. The van der Waals surface area contributed by atoms with E-state index in [2.05, 4.69) is 10.2 Å². The van der Waals surface area contributed by atoms with E-state index in [1.54, 1.807) is 19.3 Å². The van der Waals surface area contributed by atoms with Gasteiger partial charge in [0.1, 0.15) is 5.75 Å². The Labute approximate surface area is 139 Å². The van der Waals surface area contributed by atoms with Gasteiger partial charge in [-0.3, -0.25) is 4.79 Å². The molecule has 0 bridgehead atoms. The first kappa shape index (κ1) is 16.0. The quantitative estimate of drug-likeness (QED) is 0.720. The van der Waals surface area contributed by atoms with E-state index in [1.807, 2.05) is 38.1 Å². The second-order valence-corrected chi connectivity index (χ2v) is 5.59. The van der Waals surface area contributed by atoms with Gasteiger partial charge in [0.25, 0.3) is 5.89 Å². The van der Waals surface area contributed by atoms with Gasteiger partial charge in [0.05, 0.1) is 5.56 Å². The van der Waals surface area contributed by atoms with Crippen LogP contribution in [0.4, 0.5) is 0 Å². The van der Waals surface area contributed by atoms with Crippen LogP contribution in [0.1, 0.15) is 30.9 Å². The molecule has 1 atom stereocenters. The molecule has 0 saturated carbocycles. The first-order valence-electron chi connectivity index (χ1n) is 7.81. The number of benzene rings is 1. The number of aromatic nitrogens is 3. The molecule has 1 aromatic carbocycles. The SMILES string of the molecule is CCC(Oc1ccccc1C)c1nnc(-c2ccc(=O)n(C)c2)o1. The predicted octanol–water partition coefficient (Wildman–Crippen LogP) is 3.27.